The summed E-state index contributed by atoms with van der Waals surface area (Å²) in [7, 11) is 1.49. The second kappa shape index (κ2) is 9.79. The number of methoxy groups -OCH3 is 1. The van der Waals surface area contributed by atoms with Crippen LogP contribution in [0.1, 0.15) is 11.1 Å². The number of carbonyl (C=O) groups is 1. The van der Waals surface area contributed by atoms with E-state index in [1.807, 2.05) is 0 Å². The first-order valence-corrected chi connectivity index (χ1v) is 11.0. The Bertz CT molecular complexity index is 1170. The number of alkyl halides is 3. The third-order valence-electron chi connectivity index (χ3n) is 5.92. The average Bonchev–Trinajstić information content (AvgIpc) is 3.12. The number of anilines is 1. The van der Waals surface area contributed by atoms with Gasteiger partial charge in [-0.1, -0.05) is 23.7 Å². The Morgan fingerprint density at radius 1 is 1.23 bits per heavy atom. The van der Waals surface area contributed by atoms with Crippen molar-refractivity contribution in [3.05, 3.63) is 76.4 Å². The summed E-state index contributed by atoms with van der Waals surface area (Å²) in [5, 5.41) is -0.300. The van der Waals surface area contributed by atoms with E-state index in [0.717, 1.165) is 17.7 Å². The van der Waals surface area contributed by atoms with Gasteiger partial charge >= 0.3 is 6.36 Å². The number of likely N-dealkylation sites (tertiary alicyclic amines) is 2. The molecule has 11 heteroatoms. The number of nitrogens with zero attached hydrogens (tertiary/aromatic N) is 2. The number of fused-ring (bicyclic) bond motifs is 1. The molecule has 6 nitrogen and oxygen atoms in total. The summed E-state index contributed by atoms with van der Waals surface area (Å²) >= 11 is 5.80. The molecule has 2 aromatic rings. The molecular weight excluding hydrogens is 490 g/mol. The van der Waals surface area contributed by atoms with E-state index in [4.69, 9.17) is 22.1 Å². The molecule has 2 saturated heterocycles. The minimum absolute atomic E-state index is 0.0835. The molecular formula is C24H22ClF4N3O3. The SMILES string of the molecule is CO/C=C1\C2CN(Cc3ccc(F)cc3)CC2N1C(=O)/C=C/c1cc(OC(F)(F)F)c(Cl)cc1N. The fourth-order valence-corrected chi connectivity index (χ4v) is 4.62. The number of halogens is 5. The van der Waals surface area contributed by atoms with Crippen LogP contribution in [0.25, 0.3) is 6.08 Å². The Hall–Kier alpha value is -3.24. The molecule has 0 radical (unpaired) electrons. The van der Waals surface area contributed by atoms with Gasteiger partial charge in [-0.2, -0.15) is 0 Å². The van der Waals surface area contributed by atoms with E-state index in [2.05, 4.69) is 9.64 Å². The molecule has 0 aliphatic carbocycles. The van der Waals surface area contributed by atoms with E-state index >= 15 is 0 Å². The van der Waals surface area contributed by atoms with Crippen molar-refractivity contribution in [2.24, 2.45) is 5.92 Å². The maximum absolute atomic E-state index is 13.2. The van der Waals surface area contributed by atoms with E-state index in [1.165, 1.54) is 37.7 Å². The number of nitrogen functional groups attached to an aromatic ring is 1. The lowest BCUT2D eigenvalue weighted by atomic mass is 9.87. The van der Waals surface area contributed by atoms with Gasteiger partial charge in [0.1, 0.15) is 17.8 Å². The summed E-state index contributed by atoms with van der Waals surface area (Å²) in [6, 6.07) is 8.32. The van der Waals surface area contributed by atoms with Gasteiger partial charge in [0.2, 0.25) is 0 Å². The molecule has 0 spiro atoms. The first-order chi connectivity index (χ1) is 16.6. The molecule has 2 unspecified atom stereocenters. The maximum atomic E-state index is 13.2. The van der Waals surface area contributed by atoms with Crippen LogP contribution >= 0.6 is 11.6 Å². The minimum Gasteiger partial charge on any atom is -0.503 e. The molecule has 4 rings (SSSR count). The second-order valence-corrected chi connectivity index (χ2v) is 8.68. The molecule has 2 heterocycles. The minimum atomic E-state index is -4.93. The zero-order chi connectivity index (χ0) is 25.3. The Morgan fingerprint density at radius 3 is 2.60 bits per heavy atom. The van der Waals surface area contributed by atoms with Gasteiger partial charge in [-0.15, -0.1) is 13.2 Å². The topological polar surface area (TPSA) is 68.0 Å². The van der Waals surface area contributed by atoms with Crippen molar-refractivity contribution >= 4 is 29.3 Å². The predicted octanol–water partition coefficient (Wildman–Crippen LogP) is 4.80. The molecule has 186 valence electrons. The van der Waals surface area contributed by atoms with Crippen molar-refractivity contribution in [2.45, 2.75) is 18.9 Å². The number of amides is 1. The molecule has 35 heavy (non-hydrogen) atoms. The van der Waals surface area contributed by atoms with Crippen molar-refractivity contribution in [2.75, 3.05) is 25.9 Å². The van der Waals surface area contributed by atoms with Crippen LogP contribution in [0.4, 0.5) is 23.2 Å². The quantitative estimate of drug-likeness (QED) is 0.261. The third kappa shape index (κ3) is 5.54. The van der Waals surface area contributed by atoms with Crippen LogP contribution in [0.5, 0.6) is 5.75 Å². The number of carbonyl (C=O) groups excluding carboxylic acids is 1. The lowest BCUT2D eigenvalue weighted by molar-refractivity contribution is -0.274. The molecule has 1 amide bonds. The summed E-state index contributed by atoms with van der Waals surface area (Å²) < 4.78 is 60.1. The lowest BCUT2D eigenvalue weighted by Crippen LogP contribution is -2.55. The summed E-state index contributed by atoms with van der Waals surface area (Å²) in [6.07, 6.45) is -0.856. The maximum Gasteiger partial charge on any atom is 0.573 e. The number of rotatable bonds is 6. The van der Waals surface area contributed by atoms with Gasteiger partial charge in [-0.3, -0.25) is 9.69 Å². The monoisotopic (exact) mass is 511 g/mol. The largest absolute Gasteiger partial charge is 0.573 e. The predicted molar refractivity (Wildman–Crippen MR) is 122 cm³/mol. The first-order valence-electron chi connectivity index (χ1n) is 10.6. The highest BCUT2D eigenvalue weighted by molar-refractivity contribution is 6.32. The number of benzene rings is 2. The second-order valence-electron chi connectivity index (χ2n) is 8.27. The van der Waals surface area contributed by atoms with Crippen LogP contribution in [-0.4, -0.2) is 48.3 Å². The van der Waals surface area contributed by atoms with Crippen LogP contribution < -0.4 is 10.5 Å². The standard InChI is InChI=1S/C24H22ClF4N3O3/c1-34-13-21-17-11-31(10-14-2-5-16(26)6-3-14)12-20(17)32(21)23(33)7-4-15-8-22(35-24(27,28)29)18(25)9-19(15)30/h2-9,13,17,20H,10-12,30H2,1H3/b7-4+,21-13+. The van der Waals surface area contributed by atoms with Crippen LogP contribution in [0.2, 0.25) is 5.02 Å². The summed E-state index contributed by atoms with van der Waals surface area (Å²) in [6.45, 7) is 1.91. The molecule has 2 fully saturated rings. The van der Waals surface area contributed by atoms with Crippen LogP contribution in [0.15, 0.2) is 54.4 Å². The fourth-order valence-electron chi connectivity index (χ4n) is 4.41. The smallest absolute Gasteiger partial charge is 0.503 e. The molecule has 2 aliphatic heterocycles. The van der Waals surface area contributed by atoms with E-state index in [0.29, 0.717) is 25.3 Å². The van der Waals surface area contributed by atoms with Crippen LogP contribution in [0, 0.1) is 11.7 Å². The first kappa shape index (κ1) is 24.9. The number of hydrogen-bond donors (Lipinski definition) is 1. The van der Waals surface area contributed by atoms with Gasteiger partial charge in [0.25, 0.3) is 5.91 Å². The molecule has 2 N–H and O–H groups in total. The van der Waals surface area contributed by atoms with Crippen molar-refractivity contribution in [1.29, 1.82) is 0 Å². The van der Waals surface area contributed by atoms with Crippen molar-refractivity contribution in [1.82, 2.24) is 9.80 Å². The molecule has 2 aromatic carbocycles. The molecule has 2 atom stereocenters. The van der Waals surface area contributed by atoms with E-state index in [-0.39, 0.29) is 40.0 Å². The van der Waals surface area contributed by atoms with Crippen molar-refractivity contribution in [3.8, 4) is 5.75 Å². The highest BCUT2D eigenvalue weighted by atomic mass is 35.5. The summed E-state index contributed by atoms with van der Waals surface area (Å²) in [5.41, 5.74) is 7.77. The van der Waals surface area contributed by atoms with Crippen LogP contribution in [0.3, 0.4) is 0 Å². The molecule has 0 aromatic heterocycles. The molecule has 0 saturated carbocycles. The molecule has 0 bridgehead atoms. The van der Waals surface area contributed by atoms with Crippen molar-refractivity contribution in [3.63, 3.8) is 0 Å². The highest BCUT2D eigenvalue weighted by Gasteiger charge is 2.51. The van der Waals surface area contributed by atoms with Gasteiger partial charge in [0, 0.05) is 42.9 Å². The van der Waals surface area contributed by atoms with Gasteiger partial charge in [0.15, 0.2) is 0 Å². The zero-order valence-corrected chi connectivity index (χ0v) is 19.3. The van der Waals surface area contributed by atoms with E-state index in [9.17, 15) is 22.4 Å². The van der Waals surface area contributed by atoms with Crippen LogP contribution in [-0.2, 0) is 16.1 Å². The van der Waals surface area contributed by atoms with Crippen molar-refractivity contribution < 1.29 is 31.8 Å². The number of ether oxygens (including phenoxy) is 2. The summed E-state index contributed by atoms with van der Waals surface area (Å²) in [4.78, 5) is 16.8. The number of hydrogen-bond acceptors (Lipinski definition) is 5. The van der Waals surface area contributed by atoms with E-state index in [1.54, 1.807) is 17.0 Å². The van der Waals surface area contributed by atoms with Gasteiger partial charge < -0.3 is 20.1 Å². The average molecular weight is 512 g/mol. The summed E-state index contributed by atoms with van der Waals surface area (Å²) in [5.74, 6) is -1.20. The Kier molecular flexibility index (Phi) is 6.95. The normalized spacial score (nSPS) is 21.3. The Balaban J connectivity index is 1.48. The van der Waals surface area contributed by atoms with Gasteiger partial charge in [-0.05, 0) is 35.9 Å². The van der Waals surface area contributed by atoms with Gasteiger partial charge in [-0.25, -0.2) is 4.39 Å². The zero-order valence-electron chi connectivity index (χ0n) is 18.6. The van der Waals surface area contributed by atoms with E-state index < -0.39 is 12.1 Å². The Labute approximate surface area is 204 Å². The third-order valence-corrected chi connectivity index (χ3v) is 6.21. The highest BCUT2D eigenvalue weighted by Crippen LogP contribution is 2.42. The van der Waals surface area contributed by atoms with Gasteiger partial charge in [0.05, 0.1) is 23.9 Å². The fraction of sp³-hybridized carbons (Fsp3) is 0.292. The molecule has 2 aliphatic rings. The Morgan fingerprint density at radius 2 is 1.94 bits per heavy atom. The lowest BCUT2D eigenvalue weighted by Gasteiger charge is -2.45. The number of nitrogens with two attached hydrogens (primary N) is 1.